The second-order valence-corrected chi connectivity index (χ2v) is 5.34. The minimum Gasteiger partial charge on any atom is -0.399 e. The number of benzene rings is 2. The normalized spacial score (nSPS) is 10.5. The van der Waals surface area contributed by atoms with Gasteiger partial charge in [-0.1, -0.05) is 29.8 Å². The van der Waals surface area contributed by atoms with Gasteiger partial charge in [-0.25, -0.2) is 0 Å². The number of rotatable bonds is 3. The molecule has 0 fully saturated rings. The number of nitrogens with two attached hydrogens (primary N) is 1. The lowest BCUT2D eigenvalue weighted by atomic mass is 10.0. The van der Waals surface area contributed by atoms with Crippen molar-refractivity contribution in [1.29, 1.82) is 0 Å². The van der Waals surface area contributed by atoms with Gasteiger partial charge in [0.05, 0.1) is 0 Å². The van der Waals surface area contributed by atoms with Crippen LogP contribution in [0.5, 0.6) is 0 Å². The number of hydrogen-bond donors (Lipinski definition) is 1. The van der Waals surface area contributed by atoms with Gasteiger partial charge >= 0.3 is 0 Å². The molecule has 0 heterocycles. The summed E-state index contributed by atoms with van der Waals surface area (Å²) in [7, 11) is 2.14. The first-order valence-corrected chi connectivity index (χ1v) is 6.61. The molecule has 2 aromatic rings. The standard InChI is InChI=1S/C17H22N2/c1-12-9-13(2)17(14(3)10-12)19(4)11-15-5-7-16(18)8-6-15/h5-10H,11,18H2,1-4H3. The molecule has 2 heteroatoms. The molecule has 100 valence electrons. The summed E-state index contributed by atoms with van der Waals surface area (Å²) < 4.78 is 0. The van der Waals surface area contributed by atoms with Crippen LogP contribution in [0.2, 0.25) is 0 Å². The summed E-state index contributed by atoms with van der Waals surface area (Å²) in [6, 6.07) is 12.6. The van der Waals surface area contributed by atoms with E-state index in [1.54, 1.807) is 0 Å². The van der Waals surface area contributed by atoms with Crippen molar-refractivity contribution in [3.63, 3.8) is 0 Å². The maximum Gasteiger partial charge on any atom is 0.0426 e. The van der Waals surface area contributed by atoms with Crippen LogP contribution in [0.25, 0.3) is 0 Å². The van der Waals surface area contributed by atoms with Crippen LogP contribution in [0.1, 0.15) is 22.3 Å². The van der Waals surface area contributed by atoms with Crippen molar-refractivity contribution in [3.05, 3.63) is 58.7 Å². The van der Waals surface area contributed by atoms with E-state index in [1.807, 2.05) is 12.1 Å². The number of nitrogens with zero attached hydrogens (tertiary/aromatic N) is 1. The number of hydrogen-bond acceptors (Lipinski definition) is 2. The van der Waals surface area contributed by atoms with E-state index in [9.17, 15) is 0 Å². The summed E-state index contributed by atoms with van der Waals surface area (Å²) in [5.74, 6) is 0. The number of nitrogen functional groups attached to an aromatic ring is 1. The molecule has 0 aliphatic heterocycles. The summed E-state index contributed by atoms with van der Waals surface area (Å²) in [5, 5.41) is 0. The van der Waals surface area contributed by atoms with Crippen molar-refractivity contribution in [3.8, 4) is 0 Å². The van der Waals surface area contributed by atoms with Gasteiger partial charge in [0, 0.05) is 25.0 Å². The molecule has 0 unspecified atom stereocenters. The Balaban J connectivity index is 2.25. The zero-order chi connectivity index (χ0) is 14.0. The van der Waals surface area contributed by atoms with Crippen LogP contribution in [-0.2, 0) is 6.54 Å². The van der Waals surface area contributed by atoms with E-state index in [4.69, 9.17) is 5.73 Å². The molecule has 2 nitrogen and oxygen atoms in total. The average molecular weight is 254 g/mol. The molecular weight excluding hydrogens is 232 g/mol. The Labute approximate surface area is 115 Å². The quantitative estimate of drug-likeness (QED) is 0.843. The maximum absolute atomic E-state index is 5.72. The van der Waals surface area contributed by atoms with Crippen LogP contribution in [-0.4, -0.2) is 7.05 Å². The summed E-state index contributed by atoms with van der Waals surface area (Å²) in [6.45, 7) is 7.39. The van der Waals surface area contributed by atoms with Gasteiger partial charge in [-0.15, -0.1) is 0 Å². The van der Waals surface area contributed by atoms with Crippen molar-refractivity contribution in [2.75, 3.05) is 17.7 Å². The zero-order valence-corrected chi connectivity index (χ0v) is 12.2. The lowest BCUT2D eigenvalue weighted by Crippen LogP contribution is -2.18. The third-order valence-electron chi connectivity index (χ3n) is 3.42. The van der Waals surface area contributed by atoms with Crippen LogP contribution in [0, 0.1) is 20.8 Å². The summed E-state index contributed by atoms with van der Waals surface area (Å²) in [5.41, 5.74) is 13.1. The molecule has 0 spiro atoms. The average Bonchev–Trinajstić information content (AvgIpc) is 2.30. The minimum atomic E-state index is 0.814. The SMILES string of the molecule is Cc1cc(C)c(N(C)Cc2ccc(N)cc2)c(C)c1. The van der Waals surface area contributed by atoms with E-state index in [-0.39, 0.29) is 0 Å². The largest absolute Gasteiger partial charge is 0.399 e. The van der Waals surface area contributed by atoms with Crippen LogP contribution < -0.4 is 10.6 Å². The van der Waals surface area contributed by atoms with Gasteiger partial charge in [-0.05, 0) is 49.6 Å². The smallest absolute Gasteiger partial charge is 0.0426 e. The lowest BCUT2D eigenvalue weighted by molar-refractivity contribution is 0.910. The highest BCUT2D eigenvalue weighted by molar-refractivity contribution is 5.60. The molecule has 2 rings (SSSR count). The first kappa shape index (κ1) is 13.5. The fraction of sp³-hybridized carbons (Fsp3) is 0.294. The Morgan fingerprint density at radius 3 is 2.00 bits per heavy atom. The molecule has 0 atom stereocenters. The van der Waals surface area contributed by atoms with Crippen LogP contribution in [0.4, 0.5) is 11.4 Å². The Bertz CT molecular complexity index is 547. The Hall–Kier alpha value is -1.96. The van der Waals surface area contributed by atoms with Gasteiger partial charge in [0.1, 0.15) is 0 Å². The molecule has 2 N–H and O–H groups in total. The summed E-state index contributed by atoms with van der Waals surface area (Å²) in [6.07, 6.45) is 0. The second-order valence-electron chi connectivity index (χ2n) is 5.34. The topological polar surface area (TPSA) is 29.3 Å². The van der Waals surface area contributed by atoms with E-state index in [2.05, 4.69) is 57.0 Å². The minimum absolute atomic E-state index is 0.814. The van der Waals surface area contributed by atoms with E-state index in [1.165, 1.54) is 27.9 Å². The third-order valence-corrected chi connectivity index (χ3v) is 3.42. The van der Waals surface area contributed by atoms with E-state index < -0.39 is 0 Å². The molecule has 0 saturated heterocycles. The van der Waals surface area contributed by atoms with E-state index >= 15 is 0 Å². The van der Waals surface area contributed by atoms with Crippen molar-refractivity contribution in [2.24, 2.45) is 0 Å². The van der Waals surface area contributed by atoms with Crippen LogP contribution in [0.15, 0.2) is 36.4 Å². The van der Waals surface area contributed by atoms with Crippen LogP contribution >= 0.6 is 0 Å². The number of anilines is 2. The van der Waals surface area contributed by atoms with E-state index in [0.717, 1.165) is 12.2 Å². The molecule has 0 radical (unpaired) electrons. The fourth-order valence-electron chi connectivity index (χ4n) is 2.75. The molecule has 0 amide bonds. The molecule has 19 heavy (non-hydrogen) atoms. The third kappa shape index (κ3) is 3.08. The molecule has 0 aromatic heterocycles. The molecule has 0 aliphatic carbocycles. The Morgan fingerprint density at radius 1 is 0.947 bits per heavy atom. The first-order valence-electron chi connectivity index (χ1n) is 6.61. The summed E-state index contributed by atoms with van der Waals surface area (Å²) >= 11 is 0. The van der Waals surface area contributed by atoms with Crippen molar-refractivity contribution in [2.45, 2.75) is 27.3 Å². The highest BCUT2D eigenvalue weighted by Crippen LogP contribution is 2.26. The number of aryl methyl sites for hydroxylation is 3. The predicted octanol–water partition coefficient (Wildman–Crippen LogP) is 3.83. The maximum atomic E-state index is 5.72. The monoisotopic (exact) mass is 254 g/mol. The lowest BCUT2D eigenvalue weighted by Gasteiger charge is -2.24. The Morgan fingerprint density at radius 2 is 1.47 bits per heavy atom. The highest BCUT2D eigenvalue weighted by Gasteiger charge is 2.09. The molecule has 0 bridgehead atoms. The molecule has 0 aliphatic rings. The fourth-order valence-corrected chi connectivity index (χ4v) is 2.75. The van der Waals surface area contributed by atoms with Gasteiger partial charge < -0.3 is 10.6 Å². The van der Waals surface area contributed by atoms with Gasteiger partial charge in [-0.3, -0.25) is 0 Å². The van der Waals surface area contributed by atoms with E-state index in [0.29, 0.717) is 0 Å². The van der Waals surface area contributed by atoms with Gasteiger partial charge in [-0.2, -0.15) is 0 Å². The predicted molar refractivity (Wildman–Crippen MR) is 83.6 cm³/mol. The van der Waals surface area contributed by atoms with Gasteiger partial charge in [0.15, 0.2) is 0 Å². The highest BCUT2D eigenvalue weighted by atomic mass is 15.1. The molecular formula is C17H22N2. The molecule has 2 aromatic carbocycles. The van der Waals surface area contributed by atoms with Crippen LogP contribution in [0.3, 0.4) is 0 Å². The first-order chi connectivity index (χ1) is 8.97. The van der Waals surface area contributed by atoms with Crippen molar-refractivity contribution >= 4 is 11.4 Å². The second kappa shape index (κ2) is 5.35. The van der Waals surface area contributed by atoms with Crippen molar-refractivity contribution in [1.82, 2.24) is 0 Å². The molecule has 0 saturated carbocycles. The van der Waals surface area contributed by atoms with Gasteiger partial charge in [0.25, 0.3) is 0 Å². The van der Waals surface area contributed by atoms with Gasteiger partial charge in [0.2, 0.25) is 0 Å². The Kier molecular flexibility index (Phi) is 3.79. The summed E-state index contributed by atoms with van der Waals surface area (Å²) in [4.78, 5) is 2.30. The zero-order valence-electron chi connectivity index (χ0n) is 12.2. The van der Waals surface area contributed by atoms with Crippen molar-refractivity contribution < 1.29 is 0 Å².